The minimum absolute atomic E-state index is 0.146. The second kappa shape index (κ2) is 7.25. The normalized spacial score (nSPS) is 13.4. The van der Waals surface area contributed by atoms with Crippen LogP contribution in [0, 0.1) is 5.41 Å². The van der Waals surface area contributed by atoms with Gasteiger partial charge in [0.2, 0.25) is 5.91 Å². The molecule has 0 spiro atoms. The molecule has 0 heterocycles. The zero-order valence-electron chi connectivity index (χ0n) is 10.7. The number of ether oxygens (including phenoxy) is 1. The molecule has 0 aliphatic rings. The van der Waals surface area contributed by atoms with Gasteiger partial charge in [-0.1, -0.05) is 20.8 Å². The molecule has 0 aliphatic carbocycles. The lowest BCUT2D eigenvalue weighted by atomic mass is 9.86. The van der Waals surface area contributed by atoms with Gasteiger partial charge in [0.15, 0.2) is 0 Å². The molecule has 0 radical (unpaired) electrons. The maximum Gasteiger partial charge on any atom is 0.326 e. The van der Waals surface area contributed by atoms with Crippen molar-refractivity contribution < 1.29 is 28.2 Å². The van der Waals surface area contributed by atoms with Gasteiger partial charge in [0, 0.05) is 6.42 Å². The number of nitrogens with one attached hydrogen (secondary N) is 1. The van der Waals surface area contributed by atoms with Crippen LogP contribution in [0.25, 0.3) is 0 Å². The average Bonchev–Trinajstić information content (AvgIpc) is 2.18. The van der Waals surface area contributed by atoms with Crippen molar-refractivity contribution in [2.45, 2.75) is 39.7 Å². The lowest BCUT2D eigenvalue weighted by molar-refractivity contribution is -0.145. The van der Waals surface area contributed by atoms with Gasteiger partial charge in [0.25, 0.3) is 6.43 Å². The predicted molar refractivity (Wildman–Crippen MR) is 60.5 cm³/mol. The van der Waals surface area contributed by atoms with E-state index in [2.05, 4.69) is 10.1 Å². The molecule has 0 aromatic heterocycles. The van der Waals surface area contributed by atoms with Crippen LogP contribution in [0.4, 0.5) is 8.78 Å². The maximum absolute atomic E-state index is 11.7. The Morgan fingerprint density at radius 3 is 2.28 bits per heavy atom. The lowest BCUT2D eigenvalue weighted by Crippen LogP contribution is -2.49. The van der Waals surface area contributed by atoms with Gasteiger partial charge in [-0.05, 0) is 5.41 Å². The highest BCUT2D eigenvalue weighted by molar-refractivity contribution is 5.84. The van der Waals surface area contributed by atoms with Crippen molar-refractivity contribution >= 4 is 11.9 Å². The number of carboxylic acids is 1. The van der Waals surface area contributed by atoms with E-state index in [9.17, 15) is 18.4 Å². The zero-order chi connectivity index (χ0) is 14.3. The van der Waals surface area contributed by atoms with Gasteiger partial charge in [-0.15, -0.1) is 0 Å². The van der Waals surface area contributed by atoms with Crippen molar-refractivity contribution in [1.29, 1.82) is 0 Å². The zero-order valence-corrected chi connectivity index (χ0v) is 10.7. The Hall–Kier alpha value is -1.24. The van der Waals surface area contributed by atoms with E-state index in [1.165, 1.54) is 0 Å². The molecule has 0 bridgehead atoms. The first-order valence-corrected chi connectivity index (χ1v) is 5.52. The van der Waals surface area contributed by atoms with Gasteiger partial charge in [-0.3, -0.25) is 4.79 Å². The summed E-state index contributed by atoms with van der Waals surface area (Å²) in [6, 6.07) is -1.03. The maximum atomic E-state index is 11.7. The van der Waals surface area contributed by atoms with Crippen LogP contribution < -0.4 is 5.32 Å². The van der Waals surface area contributed by atoms with E-state index >= 15 is 0 Å². The smallest absolute Gasteiger partial charge is 0.326 e. The quantitative estimate of drug-likeness (QED) is 0.681. The predicted octanol–water partition coefficient (Wildman–Crippen LogP) is 1.27. The van der Waals surface area contributed by atoms with E-state index in [0.717, 1.165) is 0 Å². The minimum atomic E-state index is -2.57. The number of carbonyl (C=O) groups excluding carboxylic acids is 1. The molecule has 2 N–H and O–H groups in total. The van der Waals surface area contributed by atoms with Crippen LogP contribution in [-0.4, -0.2) is 42.7 Å². The number of carboxylic acid groups (broad SMARTS) is 1. The molecule has 0 saturated carbocycles. The highest BCUT2D eigenvalue weighted by Gasteiger charge is 2.32. The van der Waals surface area contributed by atoms with E-state index < -0.39 is 36.4 Å². The summed E-state index contributed by atoms with van der Waals surface area (Å²) in [4.78, 5) is 22.4. The van der Waals surface area contributed by atoms with Gasteiger partial charge in [-0.2, -0.15) is 0 Å². The van der Waals surface area contributed by atoms with Gasteiger partial charge in [0.1, 0.15) is 12.6 Å². The third-order valence-electron chi connectivity index (χ3n) is 2.14. The Morgan fingerprint density at radius 2 is 1.89 bits per heavy atom. The van der Waals surface area contributed by atoms with E-state index in [1.807, 2.05) is 0 Å². The Balaban J connectivity index is 4.09. The first kappa shape index (κ1) is 16.8. The van der Waals surface area contributed by atoms with Crippen molar-refractivity contribution in [3.8, 4) is 0 Å². The van der Waals surface area contributed by atoms with E-state index in [4.69, 9.17) is 5.11 Å². The summed E-state index contributed by atoms with van der Waals surface area (Å²) < 4.78 is 28.0. The molecule has 5 nitrogen and oxygen atoms in total. The molecular formula is C11H19F2NO4. The molecule has 0 saturated heterocycles. The van der Waals surface area contributed by atoms with Crippen molar-refractivity contribution in [3.05, 3.63) is 0 Å². The summed E-state index contributed by atoms with van der Waals surface area (Å²) in [5.41, 5.74) is -0.634. The summed E-state index contributed by atoms with van der Waals surface area (Å²) >= 11 is 0. The van der Waals surface area contributed by atoms with Crippen molar-refractivity contribution in [1.82, 2.24) is 5.32 Å². The lowest BCUT2D eigenvalue weighted by Gasteiger charge is -2.27. The number of amides is 1. The molecule has 18 heavy (non-hydrogen) atoms. The molecule has 0 aromatic rings. The van der Waals surface area contributed by atoms with E-state index in [-0.39, 0.29) is 13.0 Å². The molecule has 0 aliphatic heterocycles. The van der Waals surface area contributed by atoms with Crippen LogP contribution >= 0.6 is 0 Å². The fraction of sp³-hybridized carbons (Fsp3) is 0.818. The second-order valence-electron chi connectivity index (χ2n) is 4.92. The molecule has 1 atom stereocenters. The largest absolute Gasteiger partial charge is 0.480 e. The molecule has 106 valence electrons. The van der Waals surface area contributed by atoms with Crippen molar-refractivity contribution in [2.24, 2.45) is 5.41 Å². The number of hydrogen-bond donors (Lipinski definition) is 2. The standard InChI is InChI=1S/C11H19F2NO4/c1-11(2,3)9(10(16)17)14-8(15)4-5-18-6-7(12)13/h7,9H,4-6H2,1-3H3,(H,14,15)(H,16,17)/t9-/m0/s1. The summed E-state index contributed by atoms with van der Waals surface area (Å²) in [7, 11) is 0. The van der Waals surface area contributed by atoms with Crippen LogP contribution in [0.1, 0.15) is 27.2 Å². The summed E-state index contributed by atoms with van der Waals surface area (Å²) in [6.07, 6.45) is -2.72. The van der Waals surface area contributed by atoms with Gasteiger partial charge >= 0.3 is 5.97 Å². The summed E-state index contributed by atoms with van der Waals surface area (Å²) in [5.74, 6) is -1.67. The van der Waals surface area contributed by atoms with Gasteiger partial charge in [0.05, 0.1) is 6.61 Å². The van der Waals surface area contributed by atoms with Crippen molar-refractivity contribution in [2.75, 3.05) is 13.2 Å². The molecule has 0 fully saturated rings. The number of hydrogen-bond acceptors (Lipinski definition) is 3. The van der Waals surface area contributed by atoms with Gasteiger partial charge in [-0.25, -0.2) is 13.6 Å². The monoisotopic (exact) mass is 267 g/mol. The minimum Gasteiger partial charge on any atom is -0.480 e. The first-order chi connectivity index (χ1) is 8.14. The molecule has 7 heteroatoms. The topological polar surface area (TPSA) is 75.6 Å². The Labute approximate surface area is 105 Å². The second-order valence-corrected chi connectivity index (χ2v) is 4.92. The van der Waals surface area contributed by atoms with Crippen LogP contribution in [0.15, 0.2) is 0 Å². The summed E-state index contributed by atoms with van der Waals surface area (Å²) in [5, 5.41) is 11.3. The Morgan fingerprint density at radius 1 is 1.33 bits per heavy atom. The summed E-state index contributed by atoms with van der Waals surface area (Å²) in [6.45, 7) is 4.15. The number of aliphatic carboxylic acids is 1. The molecule has 1 amide bonds. The average molecular weight is 267 g/mol. The van der Waals surface area contributed by atoms with Crippen LogP contribution in [0.2, 0.25) is 0 Å². The highest BCUT2D eigenvalue weighted by atomic mass is 19.3. The van der Waals surface area contributed by atoms with E-state index in [1.54, 1.807) is 20.8 Å². The molecule has 0 unspecified atom stereocenters. The molecule has 0 aromatic carbocycles. The number of halogens is 2. The SMILES string of the molecule is CC(C)(C)[C@@H](NC(=O)CCOCC(F)F)C(=O)O. The van der Waals surface area contributed by atoms with Crippen LogP contribution in [0.3, 0.4) is 0 Å². The first-order valence-electron chi connectivity index (χ1n) is 5.52. The third kappa shape index (κ3) is 7.16. The number of carbonyl (C=O) groups is 2. The highest BCUT2D eigenvalue weighted by Crippen LogP contribution is 2.19. The van der Waals surface area contributed by atoms with Gasteiger partial charge < -0.3 is 15.2 Å². The van der Waals surface area contributed by atoms with Crippen LogP contribution in [0.5, 0.6) is 0 Å². The van der Waals surface area contributed by atoms with Crippen molar-refractivity contribution in [3.63, 3.8) is 0 Å². The fourth-order valence-corrected chi connectivity index (χ4v) is 1.22. The third-order valence-corrected chi connectivity index (χ3v) is 2.14. The fourth-order valence-electron chi connectivity index (χ4n) is 1.22. The molecular weight excluding hydrogens is 248 g/mol. The Kier molecular flexibility index (Phi) is 6.75. The molecule has 0 rings (SSSR count). The van der Waals surface area contributed by atoms with Crippen LogP contribution in [-0.2, 0) is 14.3 Å². The Bertz CT molecular complexity index is 289. The number of rotatable bonds is 7. The van der Waals surface area contributed by atoms with E-state index in [0.29, 0.717) is 0 Å². The number of alkyl halides is 2.